The zero-order valence-electron chi connectivity index (χ0n) is 17.9. The van der Waals surface area contributed by atoms with Crippen LogP contribution in [-0.2, 0) is 18.3 Å². The molecule has 2 heterocycles. The van der Waals surface area contributed by atoms with Crippen molar-refractivity contribution in [3.05, 3.63) is 77.1 Å². The Morgan fingerprint density at radius 1 is 1.26 bits per heavy atom. The maximum Gasteiger partial charge on any atom is 0.265 e. The van der Waals surface area contributed by atoms with Crippen LogP contribution < -0.4 is 15.4 Å². The fourth-order valence-electron chi connectivity index (χ4n) is 3.71. The number of carbonyl (C=O) groups is 2. The zero-order chi connectivity index (χ0) is 22.0. The quantitative estimate of drug-likeness (QED) is 0.640. The topological polar surface area (TPSA) is 85.2 Å². The van der Waals surface area contributed by atoms with Gasteiger partial charge in [-0.2, -0.15) is 5.10 Å². The Morgan fingerprint density at radius 3 is 2.77 bits per heavy atom. The monoisotopic (exact) mass is 418 g/mol. The highest BCUT2D eigenvalue weighted by Crippen LogP contribution is 2.33. The molecule has 2 aromatic carbocycles. The summed E-state index contributed by atoms with van der Waals surface area (Å²) in [4.78, 5) is 25.0. The number of amides is 2. The van der Waals surface area contributed by atoms with Crippen LogP contribution in [-0.4, -0.2) is 27.7 Å². The van der Waals surface area contributed by atoms with E-state index in [1.165, 1.54) is 0 Å². The van der Waals surface area contributed by atoms with E-state index in [2.05, 4.69) is 15.7 Å². The third kappa shape index (κ3) is 4.30. The van der Waals surface area contributed by atoms with Gasteiger partial charge in [-0.15, -0.1) is 0 Å². The lowest BCUT2D eigenvalue weighted by Crippen LogP contribution is -2.36. The Balaban J connectivity index is 1.50. The molecule has 4 rings (SSSR count). The molecule has 1 aromatic heterocycles. The van der Waals surface area contributed by atoms with Crippen LogP contribution in [0.4, 0.5) is 5.69 Å². The summed E-state index contributed by atoms with van der Waals surface area (Å²) in [7, 11) is 1.84. The van der Waals surface area contributed by atoms with Crippen molar-refractivity contribution < 1.29 is 14.3 Å². The smallest absolute Gasteiger partial charge is 0.265 e. The molecule has 2 amide bonds. The second-order valence-corrected chi connectivity index (χ2v) is 7.75. The Kier molecular flexibility index (Phi) is 5.75. The molecule has 0 spiro atoms. The molecule has 31 heavy (non-hydrogen) atoms. The first-order valence-electron chi connectivity index (χ1n) is 10.4. The number of hydrogen-bond acceptors (Lipinski definition) is 4. The molecule has 2 unspecified atom stereocenters. The number of nitrogens with one attached hydrogen (secondary N) is 2. The highest BCUT2D eigenvalue weighted by atomic mass is 16.5. The van der Waals surface area contributed by atoms with Crippen molar-refractivity contribution in [3.8, 4) is 5.75 Å². The van der Waals surface area contributed by atoms with Gasteiger partial charge in [0.05, 0.1) is 29.2 Å². The number of benzene rings is 2. The van der Waals surface area contributed by atoms with Crippen LogP contribution in [0.15, 0.2) is 54.7 Å². The van der Waals surface area contributed by atoms with Crippen molar-refractivity contribution in [1.29, 1.82) is 0 Å². The van der Waals surface area contributed by atoms with E-state index in [0.29, 0.717) is 29.8 Å². The van der Waals surface area contributed by atoms with E-state index in [9.17, 15) is 9.59 Å². The predicted octanol–water partition coefficient (Wildman–Crippen LogP) is 3.61. The van der Waals surface area contributed by atoms with Crippen LogP contribution in [0.2, 0.25) is 0 Å². The lowest BCUT2D eigenvalue weighted by Gasteiger charge is -2.26. The average Bonchev–Trinajstić information content (AvgIpc) is 3.13. The van der Waals surface area contributed by atoms with Gasteiger partial charge in [-0.05, 0) is 36.6 Å². The number of nitrogens with zero attached hydrogens (tertiary/aromatic N) is 2. The van der Waals surface area contributed by atoms with Crippen LogP contribution in [0, 0.1) is 0 Å². The molecule has 0 radical (unpaired) electrons. The third-order valence-corrected chi connectivity index (χ3v) is 5.56. The highest BCUT2D eigenvalue weighted by Gasteiger charge is 2.27. The Bertz CT molecular complexity index is 1110. The Labute approximate surface area is 181 Å². The van der Waals surface area contributed by atoms with E-state index in [1.807, 2.05) is 69.4 Å². The second-order valence-electron chi connectivity index (χ2n) is 7.75. The molecular formula is C24H26N4O3. The van der Waals surface area contributed by atoms with Crippen molar-refractivity contribution in [3.63, 3.8) is 0 Å². The summed E-state index contributed by atoms with van der Waals surface area (Å²) in [5.74, 6) is 0.313. The second kappa shape index (κ2) is 8.63. The van der Waals surface area contributed by atoms with Gasteiger partial charge in [0.1, 0.15) is 5.75 Å². The molecule has 2 atom stereocenters. The standard InChI is InChI=1S/C24H26N4O3/c1-4-21-24(30)27-19-11-10-17(13-22(19)31-21)15(2)26-23(29)18-14-25-28(3)20(18)12-16-8-6-5-7-9-16/h5-11,13-15,21H,4,12H2,1-3H3,(H,26,29)(H,27,30). The number of aromatic nitrogens is 2. The van der Waals surface area contributed by atoms with Crippen molar-refractivity contribution in [2.75, 3.05) is 5.32 Å². The van der Waals surface area contributed by atoms with Gasteiger partial charge in [0.15, 0.2) is 6.10 Å². The summed E-state index contributed by atoms with van der Waals surface area (Å²) in [6.45, 7) is 3.83. The first-order valence-corrected chi connectivity index (χ1v) is 10.4. The molecule has 1 aliphatic heterocycles. The molecule has 1 aliphatic rings. The van der Waals surface area contributed by atoms with Crippen LogP contribution in [0.1, 0.15) is 53.5 Å². The first-order chi connectivity index (χ1) is 15.0. The maximum absolute atomic E-state index is 13.0. The largest absolute Gasteiger partial charge is 0.478 e. The van der Waals surface area contributed by atoms with Gasteiger partial charge in [0.25, 0.3) is 11.8 Å². The van der Waals surface area contributed by atoms with E-state index in [-0.39, 0.29) is 17.9 Å². The van der Waals surface area contributed by atoms with Crippen molar-refractivity contribution in [2.45, 2.75) is 38.8 Å². The molecule has 3 aromatic rings. The van der Waals surface area contributed by atoms with Gasteiger partial charge in [0, 0.05) is 13.5 Å². The fourth-order valence-corrected chi connectivity index (χ4v) is 3.71. The van der Waals surface area contributed by atoms with E-state index >= 15 is 0 Å². The molecule has 160 valence electrons. The summed E-state index contributed by atoms with van der Waals surface area (Å²) >= 11 is 0. The SMILES string of the molecule is CCC1Oc2cc(C(C)NC(=O)c3cnn(C)c3Cc3ccccc3)ccc2NC1=O. The van der Waals surface area contributed by atoms with Gasteiger partial charge in [-0.3, -0.25) is 14.3 Å². The van der Waals surface area contributed by atoms with Gasteiger partial charge < -0.3 is 15.4 Å². The van der Waals surface area contributed by atoms with Gasteiger partial charge >= 0.3 is 0 Å². The van der Waals surface area contributed by atoms with Gasteiger partial charge in [-0.1, -0.05) is 43.3 Å². The molecular weight excluding hydrogens is 392 g/mol. The van der Waals surface area contributed by atoms with E-state index in [4.69, 9.17) is 4.74 Å². The predicted molar refractivity (Wildman–Crippen MR) is 118 cm³/mol. The Hall–Kier alpha value is -3.61. The van der Waals surface area contributed by atoms with Crippen molar-refractivity contribution in [2.24, 2.45) is 7.05 Å². The summed E-state index contributed by atoms with van der Waals surface area (Å²) in [6, 6.07) is 15.3. The number of aryl methyl sites for hydroxylation is 1. The van der Waals surface area contributed by atoms with Gasteiger partial charge in [0.2, 0.25) is 0 Å². The maximum atomic E-state index is 13.0. The summed E-state index contributed by atoms with van der Waals surface area (Å²) in [5, 5.41) is 10.2. The first kappa shape index (κ1) is 20.7. The lowest BCUT2D eigenvalue weighted by molar-refractivity contribution is -0.123. The molecule has 7 heteroatoms. The molecule has 0 saturated heterocycles. The number of fused-ring (bicyclic) bond motifs is 1. The number of hydrogen-bond donors (Lipinski definition) is 2. The summed E-state index contributed by atoms with van der Waals surface area (Å²) < 4.78 is 7.57. The number of carbonyl (C=O) groups excluding carboxylic acids is 2. The van der Waals surface area contributed by atoms with Crippen LogP contribution in [0.3, 0.4) is 0 Å². The number of ether oxygens (including phenoxy) is 1. The Morgan fingerprint density at radius 2 is 2.03 bits per heavy atom. The van der Waals surface area contributed by atoms with E-state index in [0.717, 1.165) is 16.8 Å². The molecule has 0 fully saturated rings. The van der Waals surface area contributed by atoms with E-state index in [1.54, 1.807) is 10.9 Å². The summed E-state index contributed by atoms with van der Waals surface area (Å²) in [5.41, 5.74) is 4.08. The number of anilines is 1. The van der Waals surface area contributed by atoms with Crippen LogP contribution in [0.25, 0.3) is 0 Å². The molecule has 2 N–H and O–H groups in total. The van der Waals surface area contributed by atoms with Crippen molar-refractivity contribution in [1.82, 2.24) is 15.1 Å². The van der Waals surface area contributed by atoms with Crippen LogP contribution >= 0.6 is 0 Å². The minimum Gasteiger partial charge on any atom is -0.478 e. The molecule has 0 bridgehead atoms. The van der Waals surface area contributed by atoms with Crippen LogP contribution in [0.5, 0.6) is 5.75 Å². The highest BCUT2D eigenvalue weighted by molar-refractivity contribution is 5.98. The summed E-state index contributed by atoms with van der Waals surface area (Å²) in [6.07, 6.45) is 2.33. The molecule has 0 saturated carbocycles. The zero-order valence-corrected chi connectivity index (χ0v) is 17.9. The van der Waals surface area contributed by atoms with Gasteiger partial charge in [-0.25, -0.2) is 0 Å². The third-order valence-electron chi connectivity index (χ3n) is 5.56. The fraction of sp³-hybridized carbons (Fsp3) is 0.292. The number of rotatable bonds is 6. The lowest BCUT2D eigenvalue weighted by atomic mass is 10.0. The van der Waals surface area contributed by atoms with Crippen molar-refractivity contribution >= 4 is 17.5 Å². The normalized spacial score (nSPS) is 16.1. The van der Waals surface area contributed by atoms with E-state index < -0.39 is 6.10 Å². The minimum atomic E-state index is -0.497. The molecule has 0 aliphatic carbocycles. The minimum absolute atomic E-state index is 0.133. The average molecular weight is 418 g/mol. The molecule has 7 nitrogen and oxygen atoms in total.